The molecule has 2 heterocycles. The van der Waals surface area contributed by atoms with Gasteiger partial charge >= 0.3 is 0 Å². The average molecular weight is 410 g/mol. The van der Waals surface area contributed by atoms with Gasteiger partial charge in [0.1, 0.15) is 0 Å². The molecule has 2 aromatic rings. The Morgan fingerprint density at radius 3 is 2.65 bits per heavy atom. The van der Waals surface area contributed by atoms with Gasteiger partial charge in [0.15, 0.2) is 0 Å². The van der Waals surface area contributed by atoms with Crippen LogP contribution in [0.1, 0.15) is 28.1 Å². The summed E-state index contributed by atoms with van der Waals surface area (Å²) in [6.45, 7) is 1.01. The quantitative estimate of drug-likeness (QED) is 0.611. The van der Waals surface area contributed by atoms with Crippen molar-refractivity contribution in [2.45, 2.75) is 12.8 Å². The van der Waals surface area contributed by atoms with Crippen molar-refractivity contribution in [3.63, 3.8) is 0 Å². The maximum Gasteiger partial charge on any atom is 0.255 e. The molecule has 0 saturated carbocycles. The molecule has 0 unspecified atom stereocenters. The number of hydrogen-bond acceptors (Lipinski definition) is 4. The first-order chi connectivity index (χ1) is 12.5. The third-order valence-electron chi connectivity index (χ3n) is 4.22. The topological polar surface area (TPSA) is 61.8 Å². The lowest BCUT2D eigenvalue weighted by molar-refractivity contribution is -0.126. The SMILES string of the molecule is O=C(N/N=C\c1cccs1)C1CCN(C(=O)c2ccc(Cl)cc2Cl)CC1. The standard InChI is InChI=1S/C18H17Cl2N3O2S/c19-13-3-4-15(16(20)10-13)18(25)23-7-5-12(6-8-23)17(24)22-21-11-14-2-1-9-26-14/h1-4,9-12H,5-8H2,(H,22,24)/b21-11-. The summed E-state index contributed by atoms with van der Waals surface area (Å²) in [6, 6.07) is 8.68. The summed E-state index contributed by atoms with van der Waals surface area (Å²) in [7, 11) is 0. The van der Waals surface area contributed by atoms with Gasteiger partial charge in [-0.3, -0.25) is 9.59 Å². The summed E-state index contributed by atoms with van der Waals surface area (Å²) in [5, 5.41) is 6.76. The van der Waals surface area contributed by atoms with Crippen molar-refractivity contribution in [1.29, 1.82) is 0 Å². The van der Waals surface area contributed by atoms with Crippen LogP contribution in [-0.2, 0) is 4.79 Å². The average Bonchev–Trinajstić information content (AvgIpc) is 3.15. The van der Waals surface area contributed by atoms with Gasteiger partial charge < -0.3 is 4.90 Å². The zero-order chi connectivity index (χ0) is 18.5. The Kier molecular flexibility index (Phi) is 6.29. The minimum Gasteiger partial charge on any atom is -0.339 e. The van der Waals surface area contributed by atoms with Crippen molar-refractivity contribution < 1.29 is 9.59 Å². The van der Waals surface area contributed by atoms with Gasteiger partial charge in [-0.25, -0.2) is 5.43 Å². The van der Waals surface area contributed by atoms with Crippen LogP contribution in [0.3, 0.4) is 0 Å². The van der Waals surface area contributed by atoms with E-state index in [0.29, 0.717) is 41.5 Å². The Bertz CT molecular complexity index is 816. The molecule has 1 N–H and O–H groups in total. The molecule has 1 aliphatic heterocycles. The molecule has 136 valence electrons. The van der Waals surface area contributed by atoms with Crippen LogP contribution < -0.4 is 5.43 Å². The second-order valence-electron chi connectivity index (χ2n) is 5.94. The van der Waals surface area contributed by atoms with Gasteiger partial charge in [-0.15, -0.1) is 11.3 Å². The first kappa shape index (κ1) is 18.9. The van der Waals surface area contributed by atoms with Gasteiger partial charge in [-0.05, 0) is 42.5 Å². The van der Waals surface area contributed by atoms with E-state index < -0.39 is 0 Å². The van der Waals surface area contributed by atoms with Crippen LogP contribution in [0.4, 0.5) is 0 Å². The highest BCUT2D eigenvalue weighted by Crippen LogP contribution is 2.25. The number of nitrogens with one attached hydrogen (secondary N) is 1. The summed E-state index contributed by atoms with van der Waals surface area (Å²) < 4.78 is 0. The molecular formula is C18H17Cl2N3O2S. The molecule has 0 atom stereocenters. The molecule has 26 heavy (non-hydrogen) atoms. The second-order valence-corrected chi connectivity index (χ2v) is 7.76. The molecule has 5 nitrogen and oxygen atoms in total. The zero-order valence-electron chi connectivity index (χ0n) is 13.8. The van der Waals surface area contributed by atoms with E-state index in [4.69, 9.17) is 23.2 Å². The smallest absolute Gasteiger partial charge is 0.255 e. The predicted octanol–water partition coefficient (Wildman–Crippen LogP) is 4.06. The first-order valence-electron chi connectivity index (χ1n) is 8.15. The number of benzene rings is 1. The van der Waals surface area contributed by atoms with Crippen LogP contribution in [-0.4, -0.2) is 36.0 Å². The number of carbonyl (C=O) groups excluding carboxylic acids is 2. The highest BCUT2D eigenvalue weighted by molar-refractivity contribution is 7.11. The van der Waals surface area contributed by atoms with Gasteiger partial charge in [-0.1, -0.05) is 29.3 Å². The predicted molar refractivity (Wildman–Crippen MR) is 105 cm³/mol. The van der Waals surface area contributed by atoms with Gasteiger partial charge in [-0.2, -0.15) is 5.10 Å². The number of carbonyl (C=O) groups is 2. The highest BCUT2D eigenvalue weighted by atomic mass is 35.5. The minimum atomic E-state index is -0.153. The molecule has 1 aromatic carbocycles. The summed E-state index contributed by atoms with van der Waals surface area (Å²) in [4.78, 5) is 27.5. The fourth-order valence-electron chi connectivity index (χ4n) is 2.79. The van der Waals surface area contributed by atoms with Gasteiger partial charge in [0.2, 0.25) is 5.91 Å². The van der Waals surface area contributed by atoms with Crippen molar-refractivity contribution in [1.82, 2.24) is 10.3 Å². The normalized spacial score (nSPS) is 15.4. The van der Waals surface area contributed by atoms with E-state index in [9.17, 15) is 9.59 Å². The molecule has 1 fully saturated rings. The fraction of sp³-hybridized carbons (Fsp3) is 0.278. The Hall–Kier alpha value is -1.89. The largest absolute Gasteiger partial charge is 0.339 e. The van der Waals surface area contributed by atoms with E-state index >= 15 is 0 Å². The van der Waals surface area contributed by atoms with E-state index in [-0.39, 0.29) is 17.7 Å². The van der Waals surface area contributed by atoms with Crippen LogP contribution in [0.5, 0.6) is 0 Å². The zero-order valence-corrected chi connectivity index (χ0v) is 16.2. The number of thiophene rings is 1. The van der Waals surface area contributed by atoms with Crippen molar-refractivity contribution >= 4 is 52.6 Å². The monoisotopic (exact) mass is 409 g/mol. The van der Waals surface area contributed by atoms with Gasteiger partial charge in [0, 0.05) is 28.9 Å². The molecule has 0 aliphatic carbocycles. The summed E-state index contributed by atoms with van der Waals surface area (Å²) >= 11 is 13.5. The molecule has 3 rings (SSSR count). The first-order valence-corrected chi connectivity index (χ1v) is 9.79. The van der Waals surface area contributed by atoms with E-state index in [1.807, 2.05) is 17.5 Å². The summed E-state index contributed by atoms with van der Waals surface area (Å²) in [5.74, 6) is -0.407. The molecule has 1 saturated heterocycles. The van der Waals surface area contributed by atoms with Crippen LogP contribution in [0.15, 0.2) is 40.8 Å². The van der Waals surface area contributed by atoms with Crippen molar-refractivity contribution in [2.75, 3.05) is 13.1 Å². The Morgan fingerprint density at radius 2 is 2.00 bits per heavy atom. The lowest BCUT2D eigenvalue weighted by Gasteiger charge is -2.31. The summed E-state index contributed by atoms with van der Waals surface area (Å²) in [5.41, 5.74) is 3.01. The minimum absolute atomic E-state index is 0.116. The molecule has 0 radical (unpaired) electrons. The number of piperidine rings is 1. The maximum atomic E-state index is 12.6. The molecule has 2 amide bonds. The molecule has 0 bridgehead atoms. The van der Waals surface area contributed by atoms with Crippen LogP contribution in [0, 0.1) is 5.92 Å². The van der Waals surface area contributed by atoms with Gasteiger partial charge in [0.25, 0.3) is 5.91 Å². The number of rotatable bonds is 4. The maximum absolute atomic E-state index is 12.6. The van der Waals surface area contributed by atoms with Crippen LogP contribution in [0.25, 0.3) is 0 Å². The third-order valence-corrected chi connectivity index (χ3v) is 5.58. The molecular weight excluding hydrogens is 393 g/mol. The number of amides is 2. The van der Waals surface area contributed by atoms with E-state index in [0.717, 1.165) is 4.88 Å². The highest BCUT2D eigenvalue weighted by Gasteiger charge is 2.28. The lowest BCUT2D eigenvalue weighted by atomic mass is 9.95. The summed E-state index contributed by atoms with van der Waals surface area (Å²) in [6.07, 6.45) is 2.82. The molecule has 1 aliphatic rings. The Balaban J connectivity index is 1.52. The number of halogens is 2. The second kappa shape index (κ2) is 8.66. The Morgan fingerprint density at radius 1 is 1.23 bits per heavy atom. The number of nitrogens with zero attached hydrogens (tertiary/aromatic N) is 2. The van der Waals surface area contributed by atoms with Crippen LogP contribution in [0.2, 0.25) is 10.0 Å². The molecule has 0 spiro atoms. The number of likely N-dealkylation sites (tertiary alicyclic amines) is 1. The molecule has 8 heteroatoms. The Labute approximate surface area is 165 Å². The molecule has 1 aromatic heterocycles. The van der Waals surface area contributed by atoms with Gasteiger partial charge in [0.05, 0.1) is 16.8 Å². The number of hydrazone groups is 1. The van der Waals surface area contributed by atoms with Crippen molar-refractivity contribution in [3.05, 3.63) is 56.2 Å². The lowest BCUT2D eigenvalue weighted by Crippen LogP contribution is -2.42. The van der Waals surface area contributed by atoms with Crippen molar-refractivity contribution in [3.8, 4) is 0 Å². The van der Waals surface area contributed by atoms with Crippen LogP contribution >= 0.6 is 34.5 Å². The fourth-order valence-corrected chi connectivity index (χ4v) is 3.87. The van der Waals surface area contributed by atoms with E-state index in [1.165, 1.54) is 0 Å². The third kappa shape index (κ3) is 4.63. The van der Waals surface area contributed by atoms with E-state index in [1.54, 1.807) is 40.7 Å². The van der Waals surface area contributed by atoms with E-state index in [2.05, 4.69) is 10.5 Å². The van der Waals surface area contributed by atoms with Crippen molar-refractivity contribution in [2.24, 2.45) is 11.0 Å². The number of hydrogen-bond donors (Lipinski definition) is 1.